The summed E-state index contributed by atoms with van der Waals surface area (Å²) in [5.41, 5.74) is 3.99. The van der Waals surface area contributed by atoms with Crippen LogP contribution < -0.4 is 0 Å². The molecule has 0 radical (unpaired) electrons. The largest absolute Gasteiger partial charge is 0.343 e. The fraction of sp³-hybridized carbons (Fsp3) is 0.400. The van der Waals surface area contributed by atoms with Gasteiger partial charge in [0.1, 0.15) is 5.84 Å². The Balaban J connectivity index is 1.39. The van der Waals surface area contributed by atoms with Crippen LogP contribution in [0.1, 0.15) is 16.7 Å². The molecule has 0 N–H and O–H groups in total. The number of likely N-dealkylation sites (N-methyl/N-ethyl adjacent to an activating group) is 2. The van der Waals surface area contributed by atoms with Crippen molar-refractivity contribution in [2.24, 2.45) is 4.99 Å². The van der Waals surface area contributed by atoms with Crippen molar-refractivity contribution in [3.05, 3.63) is 71.3 Å². The third kappa shape index (κ3) is 3.66. The van der Waals surface area contributed by atoms with Crippen LogP contribution in [0.4, 0.5) is 4.79 Å². The number of aliphatic imine (C=N–C) groups is 1. The van der Waals surface area contributed by atoms with E-state index in [1.165, 1.54) is 21.6 Å². The van der Waals surface area contributed by atoms with Crippen LogP contribution in [0.5, 0.6) is 0 Å². The molecular formula is C25H29N5O2. The lowest BCUT2D eigenvalue weighted by atomic mass is 10.00. The molecule has 2 aromatic carbocycles. The van der Waals surface area contributed by atoms with Crippen LogP contribution >= 0.6 is 0 Å². The molecule has 1 saturated heterocycles. The maximum atomic E-state index is 13.1. The van der Waals surface area contributed by atoms with Crippen molar-refractivity contribution >= 4 is 17.8 Å². The minimum atomic E-state index is -0.464. The number of amides is 3. The van der Waals surface area contributed by atoms with Gasteiger partial charge in [-0.05, 0) is 29.5 Å². The number of hydrogen-bond donors (Lipinski definition) is 0. The van der Waals surface area contributed by atoms with Gasteiger partial charge in [0.05, 0.1) is 6.54 Å². The average molecular weight is 432 g/mol. The first-order valence-electron chi connectivity index (χ1n) is 11.2. The molecule has 2 unspecified atom stereocenters. The van der Waals surface area contributed by atoms with Gasteiger partial charge in [-0.3, -0.25) is 14.6 Å². The Morgan fingerprint density at radius 2 is 1.69 bits per heavy atom. The summed E-state index contributed by atoms with van der Waals surface area (Å²) in [4.78, 5) is 38.0. The molecule has 7 nitrogen and oxygen atoms in total. The standard InChI is InChI=1S/C25H29N5O2/c1-27-23-22(24(31)28(2)25(27)32)30(15-12-18-8-4-3-5-9-18)21(26-23)17-29-14-13-19-10-6-7-11-20(19)16-29/h3-11,22-23H,12-17H2,1-2H3. The third-order valence-corrected chi connectivity index (χ3v) is 6.86. The molecular weight excluding hydrogens is 402 g/mol. The lowest BCUT2D eigenvalue weighted by Crippen LogP contribution is -2.64. The topological polar surface area (TPSA) is 59.5 Å². The van der Waals surface area contributed by atoms with E-state index in [-0.39, 0.29) is 11.9 Å². The molecule has 2 atom stereocenters. The number of carbonyl (C=O) groups is 2. The van der Waals surface area contributed by atoms with Gasteiger partial charge in [0.25, 0.3) is 5.91 Å². The summed E-state index contributed by atoms with van der Waals surface area (Å²) in [5.74, 6) is 0.729. The van der Waals surface area contributed by atoms with Gasteiger partial charge in [0.15, 0.2) is 12.2 Å². The monoisotopic (exact) mass is 431 g/mol. The van der Waals surface area contributed by atoms with Gasteiger partial charge in [0.2, 0.25) is 0 Å². The molecule has 7 heteroatoms. The lowest BCUT2D eigenvalue weighted by molar-refractivity contribution is -0.136. The highest BCUT2D eigenvalue weighted by Gasteiger charge is 2.50. The highest BCUT2D eigenvalue weighted by Crippen LogP contribution is 2.28. The van der Waals surface area contributed by atoms with Gasteiger partial charge in [-0.1, -0.05) is 54.6 Å². The van der Waals surface area contributed by atoms with E-state index in [1.807, 2.05) is 18.2 Å². The second-order valence-electron chi connectivity index (χ2n) is 8.85. The van der Waals surface area contributed by atoms with Crippen molar-refractivity contribution < 1.29 is 9.59 Å². The van der Waals surface area contributed by atoms with Crippen LogP contribution in [0.2, 0.25) is 0 Å². The van der Waals surface area contributed by atoms with E-state index in [4.69, 9.17) is 4.99 Å². The summed E-state index contributed by atoms with van der Waals surface area (Å²) < 4.78 is 0. The van der Waals surface area contributed by atoms with Crippen LogP contribution in [0.15, 0.2) is 59.6 Å². The minimum Gasteiger partial charge on any atom is -0.343 e. The zero-order valence-electron chi connectivity index (χ0n) is 18.6. The van der Waals surface area contributed by atoms with Crippen molar-refractivity contribution in [2.75, 3.05) is 33.7 Å². The highest BCUT2D eigenvalue weighted by atomic mass is 16.2. The maximum Gasteiger partial charge on any atom is 0.328 e. The lowest BCUT2D eigenvalue weighted by Gasteiger charge is -2.40. The first kappa shape index (κ1) is 20.7. The van der Waals surface area contributed by atoms with Crippen molar-refractivity contribution in [1.29, 1.82) is 0 Å². The van der Waals surface area contributed by atoms with Gasteiger partial charge in [-0.2, -0.15) is 0 Å². The number of amidine groups is 1. The highest BCUT2D eigenvalue weighted by molar-refractivity contribution is 6.04. The van der Waals surface area contributed by atoms with Gasteiger partial charge < -0.3 is 9.80 Å². The van der Waals surface area contributed by atoms with E-state index in [2.05, 4.69) is 46.2 Å². The van der Waals surface area contributed by atoms with Crippen molar-refractivity contribution in [3.63, 3.8) is 0 Å². The predicted octanol–water partition coefficient (Wildman–Crippen LogP) is 2.22. The molecule has 0 aromatic heterocycles. The Hall–Kier alpha value is -3.19. The molecule has 0 spiro atoms. The molecule has 3 aliphatic heterocycles. The average Bonchev–Trinajstić information content (AvgIpc) is 3.18. The van der Waals surface area contributed by atoms with Crippen LogP contribution in [-0.2, 0) is 24.2 Å². The van der Waals surface area contributed by atoms with Gasteiger partial charge in [0, 0.05) is 33.7 Å². The van der Waals surface area contributed by atoms with Crippen LogP contribution in [0.25, 0.3) is 0 Å². The zero-order chi connectivity index (χ0) is 22.2. The quantitative estimate of drug-likeness (QED) is 0.729. The zero-order valence-corrected chi connectivity index (χ0v) is 18.6. The van der Waals surface area contributed by atoms with Crippen LogP contribution in [0, 0.1) is 0 Å². The molecule has 3 amide bonds. The number of nitrogens with zero attached hydrogens (tertiary/aromatic N) is 5. The van der Waals surface area contributed by atoms with Crippen LogP contribution in [0.3, 0.4) is 0 Å². The summed E-state index contributed by atoms with van der Waals surface area (Å²) in [6.45, 7) is 3.20. The van der Waals surface area contributed by atoms with Gasteiger partial charge in [-0.25, -0.2) is 9.79 Å². The normalized spacial score (nSPS) is 23.3. The summed E-state index contributed by atoms with van der Waals surface area (Å²) in [6, 6.07) is 18.1. The minimum absolute atomic E-state index is 0.172. The molecule has 0 aliphatic carbocycles. The summed E-state index contributed by atoms with van der Waals surface area (Å²) in [6.07, 6.45) is 1.37. The van der Waals surface area contributed by atoms with E-state index >= 15 is 0 Å². The number of hydrogen-bond acceptors (Lipinski definition) is 5. The first-order valence-corrected chi connectivity index (χ1v) is 11.2. The third-order valence-electron chi connectivity index (χ3n) is 6.86. The molecule has 0 saturated carbocycles. The number of imide groups is 1. The Bertz CT molecular complexity index is 1050. The van der Waals surface area contributed by atoms with Crippen molar-refractivity contribution in [2.45, 2.75) is 31.6 Å². The van der Waals surface area contributed by atoms with Gasteiger partial charge >= 0.3 is 6.03 Å². The smallest absolute Gasteiger partial charge is 0.328 e. The van der Waals surface area contributed by atoms with Crippen molar-refractivity contribution in [3.8, 4) is 0 Å². The number of urea groups is 1. The maximum absolute atomic E-state index is 13.1. The second-order valence-corrected chi connectivity index (χ2v) is 8.85. The summed E-state index contributed by atoms with van der Waals surface area (Å²) in [7, 11) is 3.30. The molecule has 2 aromatic rings. The number of rotatable bonds is 5. The fourth-order valence-electron chi connectivity index (χ4n) is 5.00. The molecule has 166 valence electrons. The molecule has 5 rings (SSSR count). The Morgan fingerprint density at radius 3 is 2.47 bits per heavy atom. The SMILES string of the molecule is CN1C(=O)C2C(N=C(CN3CCc4ccccc4C3)N2CCc2ccccc2)N(C)C1=O. The van der Waals surface area contributed by atoms with E-state index in [0.29, 0.717) is 13.1 Å². The van der Waals surface area contributed by atoms with E-state index in [1.54, 1.807) is 19.0 Å². The Labute approximate surface area is 188 Å². The summed E-state index contributed by atoms with van der Waals surface area (Å²) in [5, 5.41) is 0. The van der Waals surface area contributed by atoms with E-state index < -0.39 is 12.2 Å². The molecule has 0 bridgehead atoms. The molecule has 1 fully saturated rings. The first-order chi connectivity index (χ1) is 15.5. The number of benzene rings is 2. The Kier molecular flexibility index (Phi) is 5.43. The van der Waals surface area contributed by atoms with Crippen molar-refractivity contribution in [1.82, 2.24) is 19.6 Å². The molecule has 3 heterocycles. The molecule has 32 heavy (non-hydrogen) atoms. The van der Waals surface area contributed by atoms with Gasteiger partial charge in [-0.15, -0.1) is 0 Å². The van der Waals surface area contributed by atoms with E-state index in [0.717, 1.165) is 31.8 Å². The fourth-order valence-corrected chi connectivity index (χ4v) is 5.00. The Morgan fingerprint density at radius 1 is 0.969 bits per heavy atom. The second kappa shape index (κ2) is 8.39. The van der Waals surface area contributed by atoms with E-state index in [9.17, 15) is 9.59 Å². The summed E-state index contributed by atoms with van der Waals surface area (Å²) >= 11 is 0. The predicted molar refractivity (Wildman–Crippen MR) is 123 cm³/mol. The number of fused-ring (bicyclic) bond motifs is 2. The number of carbonyl (C=O) groups excluding carboxylic acids is 2. The molecule has 3 aliphatic rings. The van der Waals surface area contributed by atoms with Crippen LogP contribution in [-0.4, -0.2) is 83.3 Å².